The van der Waals surface area contributed by atoms with E-state index >= 15 is 0 Å². The molecule has 0 aliphatic rings. The summed E-state index contributed by atoms with van der Waals surface area (Å²) >= 11 is 11.9. The van der Waals surface area contributed by atoms with Crippen molar-refractivity contribution in [2.24, 2.45) is 0 Å². The highest BCUT2D eigenvalue weighted by Gasteiger charge is 2.24. The largest absolute Gasteiger partial charge is 0.444 e. The maximum Gasteiger partial charge on any atom is 0.407 e. The first-order chi connectivity index (χ1) is 10.0. The number of rotatable bonds is 4. The predicted molar refractivity (Wildman–Crippen MR) is 86.1 cm³/mol. The highest BCUT2D eigenvalue weighted by Crippen LogP contribution is 2.35. The number of halogens is 2. The topological polar surface area (TPSA) is 105 Å². The summed E-state index contributed by atoms with van der Waals surface area (Å²) in [6.45, 7) is 4.93. The van der Waals surface area contributed by atoms with Crippen LogP contribution in [0.15, 0.2) is 12.1 Å². The third-order valence-electron chi connectivity index (χ3n) is 2.68. The van der Waals surface area contributed by atoms with E-state index in [2.05, 4.69) is 5.32 Å². The van der Waals surface area contributed by atoms with Gasteiger partial charge >= 0.3 is 6.09 Å². The van der Waals surface area contributed by atoms with E-state index < -0.39 is 23.9 Å². The molecule has 1 rings (SSSR count). The third-order valence-corrected chi connectivity index (χ3v) is 3.59. The summed E-state index contributed by atoms with van der Waals surface area (Å²) in [5.41, 5.74) is 5.43. The fraction of sp³-hybridized carbons (Fsp3) is 0.500. The number of anilines is 1. The summed E-state index contributed by atoms with van der Waals surface area (Å²) in [6, 6.07) is 2.94. The molecule has 0 fully saturated rings. The van der Waals surface area contributed by atoms with Crippen molar-refractivity contribution < 1.29 is 19.7 Å². The quantitative estimate of drug-likeness (QED) is 0.624. The van der Waals surface area contributed by atoms with E-state index in [1.165, 1.54) is 12.1 Å². The number of nitrogens with two attached hydrogens (primary N) is 1. The Hall–Kier alpha value is -1.21. The van der Waals surface area contributed by atoms with E-state index in [1.54, 1.807) is 20.8 Å². The first-order valence-electron chi connectivity index (χ1n) is 6.59. The second-order valence-corrected chi connectivity index (χ2v) is 6.52. The number of benzene rings is 1. The minimum atomic E-state index is -1.33. The molecule has 0 aliphatic heterocycles. The van der Waals surface area contributed by atoms with E-state index in [0.717, 1.165) is 0 Å². The average molecular weight is 351 g/mol. The average Bonchev–Trinajstić information content (AvgIpc) is 2.40. The zero-order valence-corrected chi connectivity index (χ0v) is 14.1. The third kappa shape index (κ3) is 5.21. The van der Waals surface area contributed by atoms with Gasteiger partial charge in [0.1, 0.15) is 17.8 Å². The number of carbonyl (C=O) groups is 1. The number of aliphatic hydroxyl groups is 2. The molecule has 0 bridgehead atoms. The van der Waals surface area contributed by atoms with Crippen LogP contribution in [0.4, 0.5) is 10.5 Å². The molecule has 0 saturated heterocycles. The molecule has 1 aromatic rings. The Morgan fingerprint density at radius 1 is 1.32 bits per heavy atom. The SMILES string of the molecule is CC(C)(C)OC(=O)NCC(O)C(O)c1ccc(N)c(Cl)c1Cl. The molecule has 1 amide bonds. The number of aliphatic hydroxyl groups excluding tert-OH is 2. The summed E-state index contributed by atoms with van der Waals surface area (Å²) < 4.78 is 5.03. The standard InChI is InChI=1S/C14H20Cl2N2O4/c1-14(2,3)22-13(21)18-6-9(19)12(20)7-4-5-8(17)11(16)10(7)15/h4-5,9,12,19-20H,6,17H2,1-3H3,(H,18,21). The van der Waals surface area contributed by atoms with Crippen LogP contribution in [-0.2, 0) is 4.74 Å². The molecule has 8 heteroatoms. The number of nitrogens with one attached hydrogen (secondary N) is 1. The molecule has 0 saturated carbocycles. The molecule has 0 radical (unpaired) electrons. The van der Waals surface area contributed by atoms with Gasteiger partial charge in [0.15, 0.2) is 0 Å². The van der Waals surface area contributed by atoms with Gasteiger partial charge in [-0.25, -0.2) is 4.79 Å². The van der Waals surface area contributed by atoms with E-state index in [1.807, 2.05) is 0 Å². The summed E-state index contributed by atoms with van der Waals surface area (Å²) in [5, 5.41) is 22.6. The lowest BCUT2D eigenvalue weighted by Crippen LogP contribution is -2.38. The lowest BCUT2D eigenvalue weighted by molar-refractivity contribution is 0.0130. The van der Waals surface area contributed by atoms with Crippen LogP contribution < -0.4 is 11.1 Å². The maximum atomic E-state index is 11.5. The number of hydrogen-bond acceptors (Lipinski definition) is 5. The van der Waals surface area contributed by atoms with Crippen LogP contribution in [0, 0.1) is 0 Å². The van der Waals surface area contributed by atoms with Crippen LogP contribution in [0.2, 0.25) is 10.0 Å². The highest BCUT2D eigenvalue weighted by molar-refractivity contribution is 6.44. The molecule has 124 valence electrons. The van der Waals surface area contributed by atoms with Gasteiger partial charge in [-0.15, -0.1) is 0 Å². The van der Waals surface area contributed by atoms with E-state index in [0.29, 0.717) is 0 Å². The Morgan fingerprint density at radius 3 is 2.45 bits per heavy atom. The van der Waals surface area contributed by atoms with Crippen LogP contribution in [0.3, 0.4) is 0 Å². The molecular formula is C14H20Cl2N2O4. The fourth-order valence-electron chi connectivity index (χ4n) is 1.63. The molecule has 0 aromatic heterocycles. The molecular weight excluding hydrogens is 331 g/mol. The molecule has 0 aliphatic carbocycles. The predicted octanol–water partition coefficient (Wildman–Crippen LogP) is 2.49. The maximum absolute atomic E-state index is 11.5. The minimum Gasteiger partial charge on any atom is -0.444 e. The second-order valence-electron chi connectivity index (χ2n) is 5.77. The number of amides is 1. The van der Waals surface area contributed by atoms with Gasteiger partial charge in [-0.2, -0.15) is 0 Å². The fourth-order valence-corrected chi connectivity index (χ4v) is 2.08. The van der Waals surface area contributed by atoms with Crippen LogP contribution in [-0.4, -0.2) is 34.6 Å². The summed E-state index contributed by atoms with van der Waals surface area (Å²) in [5.74, 6) is 0. The molecule has 0 heterocycles. The Morgan fingerprint density at radius 2 is 1.91 bits per heavy atom. The summed E-state index contributed by atoms with van der Waals surface area (Å²) in [6.07, 6.45) is -3.31. The molecule has 2 atom stereocenters. The van der Waals surface area contributed by atoms with Crippen LogP contribution in [0.5, 0.6) is 0 Å². The number of ether oxygens (including phenoxy) is 1. The second kappa shape index (κ2) is 7.37. The van der Waals surface area contributed by atoms with Gasteiger partial charge in [-0.1, -0.05) is 29.3 Å². The molecule has 6 nitrogen and oxygen atoms in total. The first kappa shape index (κ1) is 18.8. The first-order valence-corrected chi connectivity index (χ1v) is 7.35. The zero-order valence-electron chi connectivity index (χ0n) is 12.6. The Bertz CT molecular complexity index is 546. The van der Waals surface area contributed by atoms with E-state index in [9.17, 15) is 15.0 Å². The van der Waals surface area contributed by atoms with Crippen molar-refractivity contribution in [2.45, 2.75) is 38.6 Å². The van der Waals surface area contributed by atoms with Crippen molar-refractivity contribution in [3.63, 3.8) is 0 Å². The molecule has 1 aromatic carbocycles. The van der Waals surface area contributed by atoms with Gasteiger partial charge in [0.05, 0.1) is 15.7 Å². The molecule has 22 heavy (non-hydrogen) atoms. The van der Waals surface area contributed by atoms with E-state index in [4.69, 9.17) is 33.7 Å². The lowest BCUT2D eigenvalue weighted by Gasteiger charge is -2.23. The summed E-state index contributed by atoms with van der Waals surface area (Å²) in [4.78, 5) is 11.5. The van der Waals surface area contributed by atoms with E-state index in [-0.39, 0.29) is 27.8 Å². The van der Waals surface area contributed by atoms with Gasteiger partial charge in [-0.05, 0) is 26.8 Å². The monoisotopic (exact) mass is 350 g/mol. The lowest BCUT2D eigenvalue weighted by atomic mass is 10.0. The van der Waals surface area contributed by atoms with Gasteiger partial charge < -0.3 is 26.0 Å². The van der Waals surface area contributed by atoms with Gasteiger partial charge in [0, 0.05) is 12.1 Å². The van der Waals surface area contributed by atoms with Crippen LogP contribution in [0.25, 0.3) is 0 Å². The van der Waals surface area contributed by atoms with Crippen molar-refractivity contribution in [3.8, 4) is 0 Å². The molecule has 0 spiro atoms. The van der Waals surface area contributed by atoms with Gasteiger partial charge in [0.25, 0.3) is 0 Å². The number of alkyl carbamates (subject to hydrolysis) is 1. The van der Waals surface area contributed by atoms with Crippen molar-refractivity contribution in [1.29, 1.82) is 0 Å². The molecule has 2 unspecified atom stereocenters. The van der Waals surface area contributed by atoms with Crippen molar-refractivity contribution in [3.05, 3.63) is 27.7 Å². The van der Waals surface area contributed by atoms with Crippen molar-refractivity contribution in [2.75, 3.05) is 12.3 Å². The minimum absolute atomic E-state index is 0.0606. The van der Waals surface area contributed by atoms with Crippen molar-refractivity contribution in [1.82, 2.24) is 5.32 Å². The zero-order chi connectivity index (χ0) is 17.1. The number of carbonyl (C=O) groups excluding carboxylic acids is 1. The number of hydrogen-bond donors (Lipinski definition) is 4. The smallest absolute Gasteiger partial charge is 0.407 e. The van der Waals surface area contributed by atoms with Gasteiger partial charge in [0.2, 0.25) is 0 Å². The van der Waals surface area contributed by atoms with Crippen LogP contribution >= 0.6 is 23.2 Å². The van der Waals surface area contributed by atoms with Crippen molar-refractivity contribution >= 4 is 35.0 Å². The van der Waals surface area contributed by atoms with Gasteiger partial charge in [-0.3, -0.25) is 0 Å². The Labute approximate surface area is 139 Å². The molecule has 5 N–H and O–H groups in total. The van der Waals surface area contributed by atoms with Crippen LogP contribution in [0.1, 0.15) is 32.4 Å². The Kier molecular flexibility index (Phi) is 6.31. The highest BCUT2D eigenvalue weighted by atomic mass is 35.5. The Balaban J connectivity index is 2.68. The number of nitrogen functional groups attached to an aromatic ring is 1. The normalized spacial score (nSPS) is 14.3. The summed E-state index contributed by atoms with van der Waals surface area (Å²) in [7, 11) is 0.